The Morgan fingerprint density at radius 2 is 2.09 bits per heavy atom. The number of ether oxygens (including phenoxy) is 1. The van der Waals surface area contributed by atoms with Crippen LogP contribution in [-0.2, 0) is 21.3 Å². The molecule has 2 aromatic rings. The summed E-state index contributed by atoms with van der Waals surface area (Å²) in [4.78, 5) is 7.37. The summed E-state index contributed by atoms with van der Waals surface area (Å²) in [6.07, 6.45) is 5.27. The third-order valence-corrected chi connectivity index (χ3v) is 4.75. The molecule has 0 amide bonds. The predicted molar refractivity (Wildman–Crippen MR) is 77.9 cm³/mol. The number of pyridine rings is 2. The van der Waals surface area contributed by atoms with Gasteiger partial charge in [-0.2, -0.15) is 4.31 Å². The van der Waals surface area contributed by atoms with Crippen molar-refractivity contribution < 1.29 is 17.5 Å². The highest BCUT2D eigenvalue weighted by Crippen LogP contribution is 2.18. The second kappa shape index (κ2) is 7.39. The minimum atomic E-state index is -3.87. The van der Waals surface area contributed by atoms with Crippen molar-refractivity contribution in [3.63, 3.8) is 0 Å². The highest BCUT2D eigenvalue weighted by Gasteiger charge is 2.25. The first-order valence-electron chi connectivity index (χ1n) is 6.52. The van der Waals surface area contributed by atoms with Crippen molar-refractivity contribution in [2.45, 2.75) is 11.4 Å². The van der Waals surface area contributed by atoms with Gasteiger partial charge in [-0.3, -0.25) is 9.97 Å². The third-order valence-electron chi connectivity index (χ3n) is 2.94. The number of sulfonamides is 1. The molecule has 0 saturated heterocycles. The minimum absolute atomic E-state index is 0.121. The molecule has 0 atom stereocenters. The number of halogens is 1. The molecule has 0 aliphatic rings. The maximum Gasteiger partial charge on any atom is 0.245 e. The average Bonchev–Trinajstić information content (AvgIpc) is 2.52. The second-order valence-corrected chi connectivity index (χ2v) is 6.47. The first kappa shape index (κ1) is 16.5. The third kappa shape index (κ3) is 4.06. The lowest BCUT2D eigenvalue weighted by atomic mass is 10.3. The fraction of sp³-hybridized carbons (Fsp3) is 0.286. The van der Waals surface area contributed by atoms with Gasteiger partial charge in [-0.1, -0.05) is 6.07 Å². The van der Waals surface area contributed by atoms with E-state index in [1.807, 2.05) is 0 Å². The molecule has 8 heteroatoms. The molecule has 0 spiro atoms. The van der Waals surface area contributed by atoms with Gasteiger partial charge in [0.25, 0.3) is 0 Å². The van der Waals surface area contributed by atoms with E-state index in [2.05, 4.69) is 9.97 Å². The maximum absolute atomic E-state index is 13.3. The highest BCUT2D eigenvalue weighted by atomic mass is 32.2. The van der Waals surface area contributed by atoms with E-state index in [1.165, 1.54) is 11.4 Å². The Hall–Kier alpha value is -1.90. The fourth-order valence-electron chi connectivity index (χ4n) is 1.86. The van der Waals surface area contributed by atoms with E-state index in [4.69, 9.17) is 4.74 Å². The molecule has 2 aromatic heterocycles. The lowest BCUT2D eigenvalue weighted by Gasteiger charge is -2.21. The van der Waals surface area contributed by atoms with Crippen molar-refractivity contribution in [1.82, 2.24) is 14.3 Å². The molecule has 0 bridgehead atoms. The molecule has 0 unspecified atom stereocenters. The van der Waals surface area contributed by atoms with Crippen LogP contribution < -0.4 is 0 Å². The molecule has 6 nitrogen and oxygen atoms in total. The van der Waals surface area contributed by atoms with Crippen LogP contribution >= 0.6 is 0 Å². The number of hydrogen-bond acceptors (Lipinski definition) is 5. The van der Waals surface area contributed by atoms with Crippen LogP contribution in [0.2, 0.25) is 0 Å². The lowest BCUT2D eigenvalue weighted by molar-refractivity contribution is 0.177. The summed E-state index contributed by atoms with van der Waals surface area (Å²) in [6.45, 7) is 0.489. The van der Waals surface area contributed by atoms with Crippen molar-refractivity contribution in [2.75, 3.05) is 20.3 Å². The number of rotatable bonds is 7. The molecule has 0 saturated carbocycles. The Morgan fingerprint density at radius 3 is 2.73 bits per heavy atom. The lowest BCUT2D eigenvalue weighted by Crippen LogP contribution is -2.33. The van der Waals surface area contributed by atoms with Crippen LogP contribution in [0.5, 0.6) is 0 Å². The molecule has 22 heavy (non-hydrogen) atoms. The van der Waals surface area contributed by atoms with Crippen LogP contribution in [0, 0.1) is 5.82 Å². The summed E-state index contributed by atoms with van der Waals surface area (Å²) in [5.74, 6) is -0.700. The van der Waals surface area contributed by atoms with E-state index in [1.54, 1.807) is 24.5 Å². The second-order valence-electron chi connectivity index (χ2n) is 4.53. The Labute approximate surface area is 128 Å². The largest absolute Gasteiger partial charge is 0.383 e. The van der Waals surface area contributed by atoms with E-state index < -0.39 is 15.8 Å². The van der Waals surface area contributed by atoms with E-state index in [9.17, 15) is 12.8 Å². The van der Waals surface area contributed by atoms with Gasteiger partial charge in [-0.15, -0.1) is 0 Å². The topological polar surface area (TPSA) is 72.4 Å². The SMILES string of the molecule is COCCN(Cc1cccnc1)S(=O)(=O)c1cncc(F)c1. The van der Waals surface area contributed by atoms with Crippen LogP contribution in [0.1, 0.15) is 5.56 Å². The number of hydrogen-bond donors (Lipinski definition) is 0. The smallest absolute Gasteiger partial charge is 0.245 e. The Bertz CT molecular complexity index is 710. The van der Waals surface area contributed by atoms with Crippen LogP contribution in [0.25, 0.3) is 0 Å². The van der Waals surface area contributed by atoms with Crippen molar-refractivity contribution in [1.29, 1.82) is 0 Å². The van der Waals surface area contributed by atoms with Crippen LogP contribution in [0.3, 0.4) is 0 Å². The molecule has 0 aromatic carbocycles. The molecule has 0 aliphatic heterocycles. The van der Waals surface area contributed by atoms with Gasteiger partial charge in [0.2, 0.25) is 10.0 Å². The minimum Gasteiger partial charge on any atom is -0.383 e. The zero-order chi connectivity index (χ0) is 16.0. The summed E-state index contributed by atoms with van der Waals surface area (Å²) in [5, 5.41) is 0. The van der Waals surface area contributed by atoms with Crippen molar-refractivity contribution >= 4 is 10.0 Å². The van der Waals surface area contributed by atoms with Crippen LogP contribution in [0.15, 0.2) is 47.9 Å². The van der Waals surface area contributed by atoms with Crippen molar-refractivity contribution in [3.8, 4) is 0 Å². The number of methoxy groups -OCH3 is 1. The standard InChI is InChI=1S/C14H16FN3O3S/c1-21-6-5-18(11-12-3-2-4-16-8-12)22(19,20)14-7-13(15)9-17-10-14/h2-4,7-10H,5-6,11H2,1H3. The molecule has 0 fully saturated rings. The van der Waals surface area contributed by atoms with Gasteiger partial charge in [0.15, 0.2) is 0 Å². The summed E-state index contributed by atoms with van der Waals surface area (Å²) in [7, 11) is -2.39. The van der Waals surface area contributed by atoms with E-state index >= 15 is 0 Å². The molecule has 0 N–H and O–H groups in total. The van der Waals surface area contributed by atoms with Crippen molar-refractivity contribution in [2.24, 2.45) is 0 Å². The first-order valence-corrected chi connectivity index (χ1v) is 7.96. The first-order chi connectivity index (χ1) is 10.5. The van der Waals surface area contributed by atoms with Crippen LogP contribution in [-0.4, -0.2) is 43.0 Å². The Morgan fingerprint density at radius 1 is 1.27 bits per heavy atom. The molecular formula is C14H16FN3O3S. The fourth-order valence-corrected chi connectivity index (χ4v) is 3.24. The molecule has 2 heterocycles. The zero-order valence-corrected chi connectivity index (χ0v) is 12.8. The Balaban J connectivity index is 2.31. The summed E-state index contributed by atoms with van der Waals surface area (Å²) < 4.78 is 44.7. The predicted octanol–water partition coefficient (Wildman–Crippen LogP) is 1.45. The van der Waals surface area contributed by atoms with Gasteiger partial charge in [-0.05, 0) is 17.7 Å². The van der Waals surface area contributed by atoms with Crippen LogP contribution in [0.4, 0.5) is 4.39 Å². The molecule has 2 rings (SSSR count). The summed E-state index contributed by atoms with van der Waals surface area (Å²) in [6, 6.07) is 4.44. The molecule has 0 aliphatic carbocycles. The summed E-state index contributed by atoms with van der Waals surface area (Å²) in [5.41, 5.74) is 0.728. The molecule has 118 valence electrons. The van der Waals surface area contributed by atoms with Gasteiger partial charge in [0.1, 0.15) is 10.7 Å². The monoisotopic (exact) mass is 325 g/mol. The van der Waals surface area contributed by atoms with E-state index in [0.717, 1.165) is 24.0 Å². The maximum atomic E-state index is 13.3. The van der Waals surface area contributed by atoms with E-state index in [0.29, 0.717) is 0 Å². The van der Waals surface area contributed by atoms with Gasteiger partial charge in [-0.25, -0.2) is 12.8 Å². The van der Waals surface area contributed by atoms with Crippen molar-refractivity contribution in [3.05, 3.63) is 54.4 Å². The number of nitrogens with zero attached hydrogens (tertiary/aromatic N) is 3. The van der Waals surface area contributed by atoms with Gasteiger partial charge in [0.05, 0.1) is 12.8 Å². The molecular weight excluding hydrogens is 309 g/mol. The van der Waals surface area contributed by atoms with E-state index in [-0.39, 0.29) is 24.6 Å². The van der Waals surface area contributed by atoms with Gasteiger partial charge >= 0.3 is 0 Å². The zero-order valence-electron chi connectivity index (χ0n) is 12.0. The number of aromatic nitrogens is 2. The van der Waals surface area contributed by atoms with Gasteiger partial charge < -0.3 is 4.74 Å². The molecule has 0 radical (unpaired) electrons. The average molecular weight is 325 g/mol. The highest BCUT2D eigenvalue weighted by molar-refractivity contribution is 7.89. The van der Waals surface area contributed by atoms with Gasteiger partial charge in [0, 0.05) is 38.8 Å². The quantitative estimate of drug-likeness (QED) is 0.770. The Kier molecular flexibility index (Phi) is 5.53. The normalized spacial score (nSPS) is 11.8. The summed E-state index contributed by atoms with van der Waals surface area (Å²) >= 11 is 0.